The lowest BCUT2D eigenvalue weighted by Crippen LogP contribution is -2.53. The van der Waals surface area contributed by atoms with Crippen LogP contribution in [-0.4, -0.2) is 40.5 Å². The third kappa shape index (κ3) is 4.92. The number of aromatic nitrogens is 1. The van der Waals surface area contributed by atoms with E-state index in [1.807, 2.05) is 11.1 Å². The van der Waals surface area contributed by atoms with Gasteiger partial charge in [-0.2, -0.15) is 0 Å². The monoisotopic (exact) mass is 338 g/mol. The van der Waals surface area contributed by atoms with E-state index in [0.717, 1.165) is 30.8 Å². The van der Waals surface area contributed by atoms with Crippen molar-refractivity contribution in [3.8, 4) is 0 Å². The van der Waals surface area contributed by atoms with E-state index in [2.05, 4.69) is 29.5 Å². The molecule has 0 radical (unpaired) electrons. The molecule has 0 spiro atoms. The maximum absolute atomic E-state index is 12.4. The van der Waals surface area contributed by atoms with Crippen LogP contribution in [0.2, 0.25) is 0 Å². The summed E-state index contributed by atoms with van der Waals surface area (Å²) in [6, 6.07) is -0.590. The van der Waals surface area contributed by atoms with Crippen molar-refractivity contribution < 1.29 is 9.59 Å². The summed E-state index contributed by atoms with van der Waals surface area (Å²) in [5, 5.41) is 6.36. The van der Waals surface area contributed by atoms with E-state index in [9.17, 15) is 9.59 Å². The minimum absolute atomic E-state index is 0.00475. The Labute approximate surface area is 141 Å². The van der Waals surface area contributed by atoms with Crippen molar-refractivity contribution >= 4 is 23.3 Å². The van der Waals surface area contributed by atoms with Crippen molar-refractivity contribution in [1.29, 1.82) is 0 Å². The van der Waals surface area contributed by atoms with Gasteiger partial charge in [-0.05, 0) is 39.5 Å². The number of carbonyl (C=O) groups is 2. The zero-order valence-corrected chi connectivity index (χ0v) is 14.9. The fourth-order valence-corrected chi connectivity index (χ4v) is 3.53. The molecule has 1 saturated heterocycles. The van der Waals surface area contributed by atoms with E-state index in [1.54, 1.807) is 18.3 Å². The SMILES string of the molecule is CCc1cnc(CNC(=O)NC(C)C(=O)N2CCCCC2C)s1. The van der Waals surface area contributed by atoms with Crippen molar-refractivity contribution in [2.75, 3.05) is 6.54 Å². The number of hydrogen-bond acceptors (Lipinski definition) is 4. The Balaban J connectivity index is 1.78. The molecular weight excluding hydrogens is 312 g/mol. The van der Waals surface area contributed by atoms with Crippen LogP contribution >= 0.6 is 11.3 Å². The highest BCUT2D eigenvalue weighted by Crippen LogP contribution is 2.17. The minimum atomic E-state index is -0.516. The van der Waals surface area contributed by atoms with Crippen molar-refractivity contribution in [3.63, 3.8) is 0 Å². The molecule has 1 aromatic heterocycles. The van der Waals surface area contributed by atoms with Gasteiger partial charge in [0.25, 0.3) is 0 Å². The highest BCUT2D eigenvalue weighted by atomic mass is 32.1. The van der Waals surface area contributed by atoms with Crippen LogP contribution in [0, 0.1) is 0 Å². The number of piperidine rings is 1. The van der Waals surface area contributed by atoms with Crippen molar-refractivity contribution in [3.05, 3.63) is 16.1 Å². The molecule has 1 aromatic rings. The fourth-order valence-electron chi connectivity index (χ4n) is 2.73. The number of nitrogens with one attached hydrogen (secondary N) is 2. The predicted molar refractivity (Wildman–Crippen MR) is 91.4 cm³/mol. The largest absolute Gasteiger partial charge is 0.338 e. The summed E-state index contributed by atoms with van der Waals surface area (Å²) < 4.78 is 0. The maximum atomic E-state index is 12.4. The van der Waals surface area contributed by atoms with E-state index in [0.29, 0.717) is 6.54 Å². The van der Waals surface area contributed by atoms with Crippen LogP contribution in [0.15, 0.2) is 6.20 Å². The first-order valence-corrected chi connectivity index (χ1v) is 9.11. The summed E-state index contributed by atoms with van der Waals surface area (Å²) in [7, 11) is 0. The highest BCUT2D eigenvalue weighted by Gasteiger charge is 2.27. The number of thiazole rings is 1. The average Bonchev–Trinajstić information content (AvgIpc) is 3.01. The molecule has 128 valence electrons. The number of carbonyl (C=O) groups excluding carboxylic acids is 2. The lowest BCUT2D eigenvalue weighted by molar-refractivity contribution is -0.136. The summed E-state index contributed by atoms with van der Waals surface area (Å²) >= 11 is 1.59. The zero-order valence-electron chi connectivity index (χ0n) is 14.1. The van der Waals surface area contributed by atoms with Crippen LogP contribution in [0.4, 0.5) is 4.79 Å². The topological polar surface area (TPSA) is 74.3 Å². The number of likely N-dealkylation sites (tertiary alicyclic amines) is 1. The van der Waals surface area contributed by atoms with E-state index < -0.39 is 6.04 Å². The summed E-state index contributed by atoms with van der Waals surface area (Å²) in [6.45, 7) is 7.05. The Morgan fingerprint density at radius 1 is 1.48 bits per heavy atom. The van der Waals surface area contributed by atoms with Gasteiger partial charge in [0.05, 0.1) is 6.54 Å². The normalized spacial score (nSPS) is 19.3. The summed E-state index contributed by atoms with van der Waals surface area (Å²) in [5.74, 6) is -0.00475. The number of rotatable bonds is 5. The van der Waals surface area contributed by atoms with Gasteiger partial charge in [0, 0.05) is 23.7 Å². The third-order valence-corrected chi connectivity index (χ3v) is 5.30. The van der Waals surface area contributed by atoms with E-state index in [-0.39, 0.29) is 18.0 Å². The molecule has 2 heterocycles. The van der Waals surface area contributed by atoms with Crippen LogP contribution in [0.25, 0.3) is 0 Å². The molecule has 2 N–H and O–H groups in total. The minimum Gasteiger partial charge on any atom is -0.338 e. The second-order valence-corrected chi connectivity index (χ2v) is 7.20. The molecular formula is C16H26N4O2S. The number of nitrogens with zero attached hydrogens (tertiary/aromatic N) is 2. The first kappa shape index (κ1) is 17.7. The standard InChI is InChI=1S/C16H26N4O2S/c1-4-13-9-17-14(23-13)10-18-16(22)19-12(3)15(21)20-8-6-5-7-11(20)2/h9,11-12H,4-8,10H2,1-3H3,(H2,18,19,22). The van der Waals surface area contributed by atoms with Gasteiger partial charge in [-0.15, -0.1) is 11.3 Å². The predicted octanol–water partition coefficient (Wildman–Crippen LogP) is 2.29. The third-order valence-electron chi connectivity index (χ3n) is 4.15. The number of amides is 3. The lowest BCUT2D eigenvalue weighted by Gasteiger charge is -2.35. The van der Waals surface area contributed by atoms with Gasteiger partial charge in [-0.3, -0.25) is 4.79 Å². The quantitative estimate of drug-likeness (QED) is 0.865. The molecule has 23 heavy (non-hydrogen) atoms. The van der Waals surface area contributed by atoms with Crippen LogP contribution in [0.3, 0.4) is 0 Å². The second-order valence-electron chi connectivity index (χ2n) is 6.00. The Bertz CT molecular complexity index is 546. The Kier molecular flexibility index (Phi) is 6.38. The Hall–Kier alpha value is -1.63. The molecule has 1 aliphatic heterocycles. The molecule has 2 rings (SSSR count). The second kappa shape index (κ2) is 8.29. The first-order chi connectivity index (χ1) is 11.0. The fraction of sp³-hybridized carbons (Fsp3) is 0.688. The van der Waals surface area contributed by atoms with Crippen molar-refractivity contribution in [2.45, 2.75) is 65.1 Å². The molecule has 1 aliphatic rings. The molecule has 0 aromatic carbocycles. The average molecular weight is 338 g/mol. The highest BCUT2D eigenvalue weighted by molar-refractivity contribution is 7.11. The van der Waals surface area contributed by atoms with Gasteiger partial charge in [0.1, 0.15) is 11.0 Å². The van der Waals surface area contributed by atoms with Crippen LogP contribution in [0.5, 0.6) is 0 Å². The lowest BCUT2D eigenvalue weighted by atomic mass is 10.0. The van der Waals surface area contributed by atoms with E-state index in [4.69, 9.17) is 0 Å². The number of urea groups is 1. The van der Waals surface area contributed by atoms with Gasteiger partial charge in [-0.25, -0.2) is 9.78 Å². The molecule has 7 heteroatoms. The van der Waals surface area contributed by atoms with Crippen LogP contribution in [-0.2, 0) is 17.8 Å². The van der Waals surface area contributed by atoms with Crippen molar-refractivity contribution in [1.82, 2.24) is 20.5 Å². The van der Waals surface area contributed by atoms with E-state index in [1.165, 1.54) is 11.3 Å². The molecule has 0 bridgehead atoms. The smallest absolute Gasteiger partial charge is 0.315 e. The molecule has 0 saturated carbocycles. The summed E-state index contributed by atoms with van der Waals surface area (Å²) in [4.78, 5) is 31.7. The summed E-state index contributed by atoms with van der Waals surface area (Å²) in [5.41, 5.74) is 0. The van der Waals surface area contributed by atoms with Crippen LogP contribution in [0.1, 0.15) is 49.9 Å². The molecule has 1 fully saturated rings. The molecule has 2 unspecified atom stereocenters. The molecule has 0 aliphatic carbocycles. The number of hydrogen-bond donors (Lipinski definition) is 2. The van der Waals surface area contributed by atoms with Crippen LogP contribution < -0.4 is 10.6 Å². The Morgan fingerprint density at radius 2 is 2.26 bits per heavy atom. The first-order valence-electron chi connectivity index (χ1n) is 8.29. The molecule has 2 atom stereocenters. The van der Waals surface area contributed by atoms with Gasteiger partial charge in [-0.1, -0.05) is 6.92 Å². The number of aryl methyl sites for hydroxylation is 1. The van der Waals surface area contributed by atoms with Gasteiger partial charge in [0.15, 0.2) is 0 Å². The van der Waals surface area contributed by atoms with E-state index >= 15 is 0 Å². The summed E-state index contributed by atoms with van der Waals surface area (Å²) in [6.07, 6.45) is 6.03. The Morgan fingerprint density at radius 3 is 2.91 bits per heavy atom. The molecule has 6 nitrogen and oxygen atoms in total. The zero-order chi connectivity index (χ0) is 16.8. The van der Waals surface area contributed by atoms with Gasteiger partial charge < -0.3 is 15.5 Å². The van der Waals surface area contributed by atoms with Crippen molar-refractivity contribution in [2.24, 2.45) is 0 Å². The van der Waals surface area contributed by atoms with Gasteiger partial charge >= 0.3 is 6.03 Å². The molecule has 3 amide bonds. The maximum Gasteiger partial charge on any atom is 0.315 e. The van der Waals surface area contributed by atoms with Gasteiger partial charge in [0.2, 0.25) is 5.91 Å².